The van der Waals surface area contributed by atoms with E-state index in [1.54, 1.807) is 12.1 Å². The van der Waals surface area contributed by atoms with Crippen LogP contribution in [-0.4, -0.2) is 0 Å². The molecule has 0 heterocycles. The molecule has 0 spiro atoms. The molecule has 0 fully saturated rings. The van der Waals surface area contributed by atoms with Gasteiger partial charge in [-0.1, -0.05) is 12.1 Å². The van der Waals surface area contributed by atoms with Crippen molar-refractivity contribution in [2.45, 2.75) is 12.5 Å². The van der Waals surface area contributed by atoms with Gasteiger partial charge in [0.25, 0.3) is 0 Å². The number of rotatable bonds is 3. The minimum absolute atomic E-state index is 0.212. The zero-order valence-corrected chi connectivity index (χ0v) is 11.4. The van der Waals surface area contributed by atoms with Crippen LogP contribution in [0.2, 0.25) is 0 Å². The molecule has 1 unspecified atom stereocenters. The molecule has 2 rings (SSSR count). The van der Waals surface area contributed by atoms with Crippen LogP contribution in [0.4, 0.5) is 13.2 Å². The van der Waals surface area contributed by atoms with Crippen molar-refractivity contribution in [1.82, 2.24) is 0 Å². The van der Waals surface area contributed by atoms with Crippen molar-refractivity contribution in [3.63, 3.8) is 0 Å². The summed E-state index contributed by atoms with van der Waals surface area (Å²) in [6.45, 7) is 0. The number of hydrogen-bond donors (Lipinski definition) is 1. The molecule has 5 heteroatoms. The van der Waals surface area contributed by atoms with Gasteiger partial charge in [-0.15, -0.1) is 0 Å². The van der Waals surface area contributed by atoms with Crippen molar-refractivity contribution in [3.8, 4) is 0 Å². The van der Waals surface area contributed by atoms with Gasteiger partial charge in [0.15, 0.2) is 0 Å². The van der Waals surface area contributed by atoms with Crippen LogP contribution in [-0.2, 0) is 6.42 Å². The molecule has 2 N–H and O–H groups in total. The molecule has 100 valence electrons. The first-order chi connectivity index (χ1) is 8.97. The summed E-state index contributed by atoms with van der Waals surface area (Å²) < 4.78 is 39.7. The second kappa shape index (κ2) is 5.75. The number of nitrogens with two attached hydrogens (primary N) is 1. The molecule has 0 saturated carbocycles. The van der Waals surface area contributed by atoms with Crippen molar-refractivity contribution < 1.29 is 13.2 Å². The van der Waals surface area contributed by atoms with Crippen molar-refractivity contribution in [3.05, 3.63) is 69.4 Å². The first-order valence-corrected chi connectivity index (χ1v) is 6.41. The van der Waals surface area contributed by atoms with E-state index in [-0.39, 0.29) is 12.2 Å². The van der Waals surface area contributed by atoms with E-state index in [4.69, 9.17) is 5.73 Å². The highest BCUT2D eigenvalue weighted by Crippen LogP contribution is 2.23. The fourth-order valence-corrected chi connectivity index (χ4v) is 2.18. The van der Waals surface area contributed by atoms with Gasteiger partial charge < -0.3 is 5.73 Å². The van der Waals surface area contributed by atoms with E-state index < -0.39 is 17.7 Å². The van der Waals surface area contributed by atoms with E-state index >= 15 is 0 Å². The molecule has 0 amide bonds. The number of hydrogen-bond acceptors (Lipinski definition) is 1. The molecule has 0 bridgehead atoms. The largest absolute Gasteiger partial charge is 0.324 e. The van der Waals surface area contributed by atoms with Crippen molar-refractivity contribution in [2.24, 2.45) is 5.73 Å². The van der Waals surface area contributed by atoms with Gasteiger partial charge in [-0.05, 0) is 51.7 Å². The quantitative estimate of drug-likeness (QED) is 0.901. The summed E-state index contributed by atoms with van der Waals surface area (Å²) in [5, 5.41) is 0. The summed E-state index contributed by atoms with van der Waals surface area (Å²) in [4.78, 5) is 0. The Morgan fingerprint density at radius 2 is 1.74 bits per heavy atom. The van der Waals surface area contributed by atoms with E-state index in [0.717, 1.165) is 6.07 Å². The minimum Gasteiger partial charge on any atom is -0.324 e. The Morgan fingerprint density at radius 3 is 2.37 bits per heavy atom. The van der Waals surface area contributed by atoms with E-state index in [9.17, 15) is 13.2 Å². The van der Waals surface area contributed by atoms with Gasteiger partial charge >= 0.3 is 0 Å². The van der Waals surface area contributed by atoms with Crippen LogP contribution in [0.3, 0.4) is 0 Å². The topological polar surface area (TPSA) is 26.0 Å². The first kappa shape index (κ1) is 14.1. The normalized spacial score (nSPS) is 12.5. The van der Waals surface area contributed by atoms with E-state index in [0.29, 0.717) is 15.6 Å². The second-order valence-electron chi connectivity index (χ2n) is 4.22. The fourth-order valence-electron chi connectivity index (χ4n) is 1.79. The van der Waals surface area contributed by atoms with Crippen LogP contribution < -0.4 is 5.73 Å². The van der Waals surface area contributed by atoms with Gasteiger partial charge in [-0.2, -0.15) is 0 Å². The third-order valence-corrected chi connectivity index (χ3v) is 3.43. The molecule has 0 radical (unpaired) electrons. The van der Waals surface area contributed by atoms with Gasteiger partial charge in [0.05, 0.1) is 4.47 Å². The zero-order valence-electron chi connectivity index (χ0n) is 9.84. The first-order valence-electron chi connectivity index (χ1n) is 5.62. The molecule has 0 saturated heterocycles. The molecule has 2 aromatic carbocycles. The van der Waals surface area contributed by atoms with Crippen LogP contribution in [0.25, 0.3) is 0 Å². The van der Waals surface area contributed by atoms with Gasteiger partial charge in [-0.3, -0.25) is 0 Å². The highest BCUT2D eigenvalue weighted by atomic mass is 79.9. The molecule has 19 heavy (non-hydrogen) atoms. The SMILES string of the molecule is NC(Cc1ccc(F)cc1F)c1ccc(F)c(Br)c1. The standard InChI is InChI=1S/C14H11BrF3N/c15-11-5-9(2-4-12(11)17)14(19)6-8-1-3-10(16)7-13(8)18/h1-5,7,14H,6,19H2. The number of halogens is 4. The lowest BCUT2D eigenvalue weighted by Gasteiger charge is -2.13. The smallest absolute Gasteiger partial charge is 0.137 e. The Bertz CT molecular complexity index is 601. The average Bonchev–Trinajstić information content (AvgIpc) is 2.36. The third-order valence-electron chi connectivity index (χ3n) is 2.83. The maximum absolute atomic E-state index is 13.5. The maximum atomic E-state index is 13.5. The molecule has 0 aliphatic rings. The van der Waals surface area contributed by atoms with Crippen LogP contribution in [0, 0.1) is 17.5 Å². The summed E-state index contributed by atoms with van der Waals surface area (Å²) in [6.07, 6.45) is 0.212. The molecule has 2 aromatic rings. The summed E-state index contributed by atoms with van der Waals surface area (Å²) in [7, 11) is 0. The Kier molecular flexibility index (Phi) is 4.27. The summed E-state index contributed by atoms with van der Waals surface area (Å²) in [6, 6.07) is 7.28. The van der Waals surface area contributed by atoms with Gasteiger partial charge in [0, 0.05) is 12.1 Å². The molecule has 1 nitrogen and oxygen atoms in total. The predicted octanol–water partition coefficient (Wildman–Crippen LogP) is 4.11. The maximum Gasteiger partial charge on any atom is 0.137 e. The summed E-state index contributed by atoms with van der Waals surface area (Å²) in [5.74, 6) is -1.64. The molecule has 1 atom stereocenters. The second-order valence-corrected chi connectivity index (χ2v) is 5.07. The van der Waals surface area contributed by atoms with Crippen LogP contribution >= 0.6 is 15.9 Å². The Hall–Kier alpha value is -1.33. The summed E-state index contributed by atoms with van der Waals surface area (Å²) in [5.41, 5.74) is 6.96. The average molecular weight is 330 g/mol. The van der Waals surface area contributed by atoms with Crippen LogP contribution in [0.5, 0.6) is 0 Å². The zero-order chi connectivity index (χ0) is 14.0. The number of benzene rings is 2. The van der Waals surface area contributed by atoms with Crippen molar-refractivity contribution in [1.29, 1.82) is 0 Å². The fraction of sp³-hybridized carbons (Fsp3) is 0.143. The van der Waals surface area contributed by atoms with Crippen LogP contribution in [0.15, 0.2) is 40.9 Å². The van der Waals surface area contributed by atoms with Gasteiger partial charge in [0.1, 0.15) is 17.5 Å². The molecule has 0 aliphatic heterocycles. The minimum atomic E-state index is -0.628. The third kappa shape index (κ3) is 3.36. The van der Waals surface area contributed by atoms with Crippen LogP contribution in [0.1, 0.15) is 17.2 Å². The van der Waals surface area contributed by atoms with Gasteiger partial charge in [-0.25, -0.2) is 13.2 Å². The lowest BCUT2D eigenvalue weighted by atomic mass is 9.99. The highest BCUT2D eigenvalue weighted by molar-refractivity contribution is 9.10. The Morgan fingerprint density at radius 1 is 1.00 bits per heavy atom. The Balaban J connectivity index is 2.20. The highest BCUT2D eigenvalue weighted by Gasteiger charge is 2.12. The van der Waals surface area contributed by atoms with Crippen molar-refractivity contribution >= 4 is 15.9 Å². The molecule has 0 aromatic heterocycles. The molecular weight excluding hydrogens is 319 g/mol. The van der Waals surface area contributed by atoms with E-state index in [1.807, 2.05) is 0 Å². The lowest BCUT2D eigenvalue weighted by molar-refractivity contribution is 0.562. The van der Waals surface area contributed by atoms with Crippen molar-refractivity contribution in [2.75, 3.05) is 0 Å². The lowest BCUT2D eigenvalue weighted by Crippen LogP contribution is -2.14. The molecular formula is C14H11BrF3N. The predicted molar refractivity (Wildman–Crippen MR) is 71.1 cm³/mol. The van der Waals surface area contributed by atoms with E-state index in [2.05, 4.69) is 15.9 Å². The monoisotopic (exact) mass is 329 g/mol. The van der Waals surface area contributed by atoms with E-state index in [1.165, 1.54) is 18.2 Å². The Labute approximate surface area is 117 Å². The summed E-state index contributed by atoms with van der Waals surface area (Å²) >= 11 is 3.07. The molecule has 0 aliphatic carbocycles. The van der Waals surface area contributed by atoms with Gasteiger partial charge in [0.2, 0.25) is 0 Å².